The highest BCUT2D eigenvalue weighted by atomic mass is 32.1. The van der Waals surface area contributed by atoms with Gasteiger partial charge in [-0.2, -0.15) is 0 Å². The van der Waals surface area contributed by atoms with Gasteiger partial charge in [0.1, 0.15) is 5.82 Å². The maximum Gasteiger partial charge on any atom is 0.266 e. The van der Waals surface area contributed by atoms with Crippen molar-refractivity contribution in [2.24, 2.45) is 0 Å². The van der Waals surface area contributed by atoms with E-state index in [0.717, 1.165) is 41.0 Å². The van der Waals surface area contributed by atoms with Crippen LogP contribution in [0.3, 0.4) is 0 Å². The first-order valence-electron chi connectivity index (χ1n) is 10.8. The number of fused-ring (bicyclic) bond motifs is 1. The summed E-state index contributed by atoms with van der Waals surface area (Å²) < 4.78 is 13.6. The molecule has 0 unspecified atom stereocenters. The van der Waals surface area contributed by atoms with Gasteiger partial charge in [0.2, 0.25) is 0 Å². The topological polar surface area (TPSA) is 73.9 Å². The van der Waals surface area contributed by atoms with Gasteiger partial charge in [0.05, 0.1) is 34.3 Å². The molecule has 5 rings (SSSR count). The molecule has 0 radical (unpaired) electrons. The zero-order valence-electron chi connectivity index (χ0n) is 17.8. The second kappa shape index (κ2) is 8.70. The number of thiazole rings is 1. The van der Waals surface area contributed by atoms with Crippen LogP contribution in [0.1, 0.15) is 32.1 Å². The van der Waals surface area contributed by atoms with Crippen molar-refractivity contribution in [1.82, 2.24) is 15.0 Å². The van der Waals surface area contributed by atoms with Gasteiger partial charge in [-0.15, -0.1) is 11.3 Å². The van der Waals surface area contributed by atoms with Crippen molar-refractivity contribution in [3.8, 4) is 11.3 Å². The highest BCUT2D eigenvalue weighted by molar-refractivity contribution is 7.14. The third-order valence-electron chi connectivity index (χ3n) is 6.06. The number of nitrogens with zero attached hydrogens (tertiary/aromatic N) is 3. The molecule has 2 aromatic carbocycles. The monoisotopic (exact) mass is 449 g/mol. The lowest BCUT2D eigenvalue weighted by molar-refractivity contribution is 0.428. The van der Waals surface area contributed by atoms with Crippen LogP contribution in [0.5, 0.6) is 0 Å². The molecule has 6 nitrogen and oxygen atoms in total. The van der Waals surface area contributed by atoms with E-state index in [4.69, 9.17) is 0 Å². The van der Waals surface area contributed by atoms with Crippen molar-refractivity contribution in [2.75, 3.05) is 17.3 Å². The predicted octanol–water partition coefficient (Wildman–Crippen LogP) is 5.70. The summed E-state index contributed by atoms with van der Waals surface area (Å²) in [5.74, 6) is -0.285. The molecule has 2 aromatic heterocycles. The Balaban J connectivity index is 1.52. The molecule has 4 aromatic rings. The van der Waals surface area contributed by atoms with E-state index in [1.807, 2.05) is 23.6 Å². The van der Waals surface area contributed by atoms with E-state index in [-0.39, 0.29) is 11.4 Å². The van der Waals surface area contributed by atoms with Crippen LogP contribution in [0.15, 0.2) is 52.8 Å². The van der Waals surface area contributed by atoms with Gasteiger partial charge in [-0.05, 0) is 37.1 Å². The number of benzene rings is 2. The Kier molecular flexibility index (Phi) is 5.61. The van der Waals surface area contributed by atoms with Crippen molar-refractivity contribution in [3.63, 3.8) is 0 Å². The molecule has 2 heterocycles. The van der Waals surface area contributed by atoms with Gasteiger partial charge in [-0.3, -0.25) is 4.79 Å². The molecule has 1 fully saturated rings. The average molecular weight is 450 g/mol. The number of hydrogen-bond acceptors (Lipinski definition) is 6. The number of hydrogen-bond donors (Lipinski definition) is 2. The second-order valence-electron chi connectivity index (χ2n) is 8.21. The molecule has 0 atom stereocenters. The zero-order chi connectivity index (χ0) is 22.1. The maximum atomic E-state index is 13.6. The van der Waals surface area contributed by atoms with Gasteiger partial charge < -0.3 is 15.2 Å². The Morgan fingerprint density at radius 2 is 2.03 bits per heavy atom. The molecule has 1 saturated carbocycles. The molecule has 0 bridgehead atoms. The summed E-state index contributed by atoms with van der Waals surface area (Å²) in [5, 5.41) is 6.04. The number of halogens is 1. The third kappa shape index (κ3) is 4.23. The number of rotatable bonds is 5. The fraction of sp³-hybridized carbons (Fsp3) is 0.292. The highest BCUT2D eigenvalue weighted by Crippen LogP contribution is 2.36. The van der Waals surface area contributed by atoms with Crippen LogP contribution >= 0.6 is 11.3 Å². The molecule has 1 aliphatic carbocycles. The standard InChI is InChI=1S/C24H24FN5OS/c1-30(17-8-3-2-4-9-17)22-12-18-19(27-23(31)13-26-18)11-20(22)28-24-29-21(14-32-24)15-6-5-7-16(25)10-15/h5-7,10-14,17H,2-4,8-9H2,1H3,(H,27,31)(H,28,29). The lowest BCUT2D eigenvalue weighted by Gasteiger charge is -2.34. The molecule has 0 spiro atoms. The van der Waals surface area contributed by atoms with Crippen LogP contribution in [-0.4, -0.2) is 28.0 Å². The van der Waals surface area contributed by atoms with Crippen LogP contribution < -0.4 is 15.8 Å². The quantitative estimate of drug-likeness (QED) is 0.409. The van der Waals surface area contributed by atoms with Gasteiger partial charge in [0.15, 0.2) is 5.13 Å². The third-order valence-corrected chi connectivity index (χ3v) is 6.82. The predicted molar refractivity (Wildman–Crippen MR) is 128 cm³/mol. The smallest absolute Gasteiger partial charge is 0.266 e. The van der Waals surface area contributed by atoms with Crippen molar-refractivity contribution in [1.29, 1.82) is 0 Å². The van der Waals surface area contributed by atoms with Crippen LogP contribution in [0.2, 0.25) is 0 Å². The molecular weight excluding hydrogens is 425 g/mol. The number of nitrogens with one attached hydrogen (secondary N) is 2. The van der Waals surface area contributed by atoms with Gasteiger partial charge in [-0.25, -0.2) is 14.4 Å². The first-order valence-corrected chi connectivity index (χ1v) is 11.7. The molecule has 0 amide bonds. The molecule has 0 aliphatic heterocycles. The van der Waals surface area contributed by atoms with Crippen LogP contribution in [-0.2, 0) is 0 Å². The highest BCUT2D eigenvalue weighted by Gasteiger charge is 2.22. The summed E-state index contributed by atoms with van der Waals surface area (Å²) in [6, 6.07) is 10.8. The van der Waals surface area contributed by atoms with E-state index in [1.54, 1.807) is 6.07 Å². The van der Waals surface area contributed by atoms with E-state index in [1.165, 1.54) is 48.9 Å². The van der Waals surface area contributed by atoms with Crippen LogP contribution in [0.25, 0.3) is 22.3 Å². The number of H-pyrrole nitrogens is 1. The summed E-state index contributed by atoms with van der Waals surface area (Å²) in [5.41, 5.74) is 4.51. The van der Waals surface area contributed by atoms with Gasteiger partial charge in [-0.1, -0.05) is 31.4 Å². The second-order valence-corrected chi connectivity index (χ2v) is 9.07. The molecular formula is C24H24FN5OS. The Morgan fingerprint density at radius 3 is 2.84 bits per heavy atom. The molecule has 2 N–H and O–H groups in total. The van der Waals surface area contributed by atoms with E-state index in [2.05, 4.69) is 32.2 Å². The van der Waals surface area contributed by atoms with E-state index in [9.17, 15) is 9.18 Å². The SMILES string of the molecule is CN(c1cc2ncc(=O)[nH]c2cc1Nc1nc(-c2cccc(F)c2)cs1)C1CCCCC1. The Morgan fingerprint density at radius 1 is 1.19 bits per heavy atom. The van der Waals surface area contributed by atoms with E-state index < -0.39 is 0 Å². The van der Waals surface area contributed by atoms with Gasteiger partial charge in [0, 0.05) is 24.0 Å². The lowest BCUT2D eigenvalue weighted by Crippen LogP contribution is -2.33. The van der Waals surface area contributed by atoms with Gasteiger partial charge >= 0.3 is 0 Å². The molecule has 164 valence electrons. The molecule has 8 heteroatoms. The van der Waals surface area contributed by atoms with Crippen molar-refractivity contribution in [3.05, 3.63) is 64.1 Å². The summed E-state index contributed by atoms with van der Waals surface area (Å²) >= 11 is 1.46. The van der Waals surface area contributed by atoms with E-state index >= 15 is 0 Å². The summed E-state index contributed by atoms with van der Waals surface area (Å²) in [6.07, 6.45) is 7.40. The van der Waals surface area contributed by atoms with Crippen molar-refractivity contribution in [2.45, 2.75) is 38.1 Å². The minimum Gasteiger partial charge on any atom is -0.370 e. The fourth-order valence-electron chi connectivity index (χ4n) is 4.36. The minimum atomic E-state index is -0.285. The normalized spacial score (nSPS) is 14.6. The van der Waals surface area contributed by atoms with Crippen molar-refractivity contribution >= 4 is 38.9 Å². The Bertz CT molecular complexity index is 1310. The molecule has 0 saturated heterocycles. The molecule has 32 heavy (non-hydrogen) atoms. The lowest BCUT2D eigenvalue weighted by atomic mass is 9.94. The first kappa shape index (κ1) is 20.6. The van der Waals surface area contributed by atoms with Gasteiger partial charge in [0.25, 0.3) is 5.56 Å². The van der Waals surface area contributed by atoms with E-state index in [0.29, 0.717) is 16.7 Å². The summed E-state index contributed by atoms with van der Waals surface area (Å²) in [4.78, 5) is 26.0. The summed E-state index contributed by atoms with van der Waals surface area (Å²) in [7, 11) is 2.12. The first-order chi connectivity index (χ1) is 15.6. The van der Waals surface area contributed by atoms with Crippen LogP contribution in [0.4, 0.5) is 20.9 Å². The zero-order valence-corrected chi connectivity index (χ0v) is 18.6. The Labute approximate surface area is 189 Å². The minimum absolute atomic E-state index is 0.237. The number of aromatic amines is 1. The summed E-state index contributed by atoms with van der Waals surface area (Å²) in [6.45, 7) is 0. The Hall–Kier alpha value is -3.26. The molecule has 1 aliphatic rings. The number of anilines is 3. The average Bonchev–Trinajstić information content (AvgIpc) is 3.27. The van der Waals surface area contributed by atoms with Crippen molar-refractivity contribution < 1.29 is 4.39 Å². The largest absolute Gasteiger partial charge is 0.370 e. The van der Waals surface area contributed by atoms with Crippen LogP contribution in [0, 0.1) is 5.82 Å². The number of aromatic nitrogens is 3. The fourth-order valence-corrected chi connectivity index (χ4v) is 5.09. The maximum absolute atomic E-state index is 13.6.